The van der Waals surface area contributed by atoms with Crippen molar-refractivity contribution in [1.29, 1.82) is 0 Å². The summed E-state index contributed by atoms with van der Waals surface area (Å²) in [5.74, 6) is -0.317. The minimum absolute atomic E-state index is 0. The molecule has 1 aliphatic heterocycles. The molecule has 4 rings (SSSR count). The molecular weight excluding hydrogens is 505 g/mol. The molecule has 2 aromatic carbocycles. The fourth-order valence-electron chi connectivity index (χ4n) is 3.61. The molecule has 3 aromatic rings. The molecule has 35 heavy (non-hydrogen) atoms. The molecule has 12 heteroatoms. The van der Waals surface area contributed by atoms with Gasteiger partial charge in [-0.1, -0.05) is 41.7 Å². The van der Waals surface area contributed by atoms with Crippen LogP contribution < -0.4 is 15.0 Å². The molecule has 0 spiro atoms. The number of halogens is 4. The average Bonchev–Trinajstić information content (AvgIpc) is 3.22. The first kappa shape index (κ1) is 27.0. The lowest BCUT2D eigenvalue weighted by atomic mass is 10.1. The zero-order chi connectivity index (χ0) is 24.0. The normalized spacial score (nSPS) is 14.4. The lowest BCUT2D eigenvalue weighted by molar-refractivity contribution is -0.274. The predicted octanol–water partition coefficient (Wildman–Crippen LogP) is 4.71. The molecular formula is C23H26ClF3N4O3S. The van der Waals surface area contributed by atoms with E-state index in [1.165, 1.54) is 18.2 Å². The molecule has 0 bridgehead atoms. The van der Waals surface area contributed by atoms with E-state index in [2.05, 4.69) is 19.9 Å². The standard InChI is InChI=1S/C23H25F3N4O3S.ClH/c24-23(25,26)33-18-6-7-19-20(16-18)34-22(28-19)30(11-10-29-12-14-32-15-13-29)21(31)27-9-8-17-4-2-1-3-5-17;/h1-7,16H,8-15H2,(H,27,31);1H. The molecule has 2 heterocycles. The van der Waals surface area contributed by atoms with E-state index < -0.39 is 6.36 Å². The number of amides is 2. The van der Waals surface area contributed by atoms with Crippen molar-refractivity contribution in [3.8, 4) is 5.75 Å². The molecule has 1 fully saturated rings. The average molecular weight is 531 g/mol. The molecule has 0 atom stereocenters. The number of benzene rings is 2. The maximum absolute atomic E-state index is 13.1. The van der Waals surface area contributed by atoms with Crippen LogP contribution in [-0.4, -0.2) is 68.2 Å². The second kappa shape index (κ2) is 12.4. The van der Waals surface area contributed by atoms with E-state index in [4.69, 9.17) is 4.74 Å². The third-order valence-electron chi connectivity index (χ3n) is 5.33. The Kier molecular flexibility index (Phi) is 9.55. The number of alkyl halides is 3. The van der Waals surface area contributed by atoms with Gasteiger partial charge in [-0.05, 0) is 24.1 Å². The summed E-state index contributed by atoms with van der Waals surface area (Å²) in [7, 11) is 0. The molecule has 7 nitrogen and oxygen atoms in total. The highest BCUT2D eigenvalue weighted by atomic mass is 35.5. The zero-order valence-corrected chi connectivity index (χ0v) is 20.4. The van der Waals surface area contributed by atoms with Gasteiger partial charge in [0.25, 0.3) is 0 Å². The maximum atomic E-state index is 13.1. The summed E-state index contributed by atoms with van der Waals surface area (Å²) >= 11 is 1.15. The Labute approximate surface area is 211 Å². The van der Waals surface area contributed by atoms with E-state index in [1.54, 1.807) is 4.90 Å². The number of morpholine rings is 1. The number of carbonyl (C=O) groups is 1. The van der Waals surface area contributed by atoms with Gasteiger partial charge in [-0.3, -0.25) is 9.80 Å². The summed E-state index contributed by atoms with van der Waals surface area (Å²) in [5, 5.41) is 3.36. The molecule has 1 aromatic heterocycles. The van der Waals surface area contributed by atoms with Gasteiger partial charge in [-0.2, -0.15) is 0 Å². The van der Waals surface area contributed by atoms with Crippen LogP contribution in [0.4, 0.5) is 23.1 Å². The highest BCUT2D eigenvalue weighted by Crippen LogP contribution is 2.33. The number of hydrogen-bond acceptors (Lipinski definition) is 6. The molecule has 0 unspecified atom stereocenters. The summed E-state index contributed by atoms with van der Waals surface area (Å²) in [5.41, 5.74) is 1.61. The molecule has 1 aliphatic rings. The first-order valence-corrected chi connectivity index (χ1v) is 11.7. The lowest BCUT2D eigenvalue weighted by Crippen LogP contribution is -2.46. The van der Waals surface area contributed by atoms with Crippen molar-refractivity contribution in [2.75, 3.05) is 50.8 Å². The van der Waals surface area contributed by atoms with Crippen molar-refractivity contribution in [1.82, 2.24) is 15.2 Å². The highest BCUT2D eigenvalue weighted by Gasteiger charge is 2.31. The SMILES string of the molecule is Cl.O=C(NCCc1ccccc1)N(CCN1CCOCC1)c1nc2ccc(OC(F)(F)F)cc2s1. The number of urea groups is 1. The van der Waals surface area contributed by atoms with Gasteiger partial charge in [0.2, 0.25) is 0 Å². The number of ether oxygens (including phenoxy) is 2. The highest BCUT2D eigenvalue weighted by molar-refractivity contribution is 7.22. The summed E-state index contributed by atoms with van der Waals surface area (Å²) in [4.78, 5) is 21.4. The van der Waals surface area contributed by atoms with Crippen LogP contribution in [-0.2, 0) is 11.2 Å². The van der Waals surface area contributed by atoms with Gasteiger partial charge in [0.1, 0.15) is 5.75 Å². The van der Waals surface area contributed by atoms with Crippen molar-refractivity contribution < 1.29 is 27.4 Å². The fourth-order valence-corrected chi connectivity index (χ4v) is 4.63. The predicted molar refractivity (Wildman–Crippen MR) is 132 cm³/mol. The third-order valence-corrected chi connectivity index (χ3v) is 6.38. The van der Waals surface area contributed by atoms with E-state index >= 15 is 0 Å². The van der Waals surface area contributed by atoms with Crippen LogP contribution in [0.15, 0.2) is 48.5 Å². The molecule has 190 valence electrons. The Morgan fingerprint density at radius 3 is 2.63 bits per heavy atom. The van der Waals surface area contributed by atoms with Crippen LogP contribution in [0.25, 0.3) is 10.2 Å². The number of aromatic nitrogens is 1. The van der Waals surface area contributed by atoms with Gasteiger partial charge in [0.15, 0.2) is 5.13 Å². The Balaban J connectivity index is 0.00000342. The summed E-state index contributed by atoms with van der Waals surface area (Å²) in [6.07, 6.45) is -4.09. The van der Waals surface area contributed by atoms with Gasteiger partial charge in [-0.25, -0.2) is 9.78 Å². The minimum Gasteiger partial charge on any atom is -0.406 e. The van der Waals surface area contributed by atoms with Crippen molar-refractivity contribution in [3.63, 3.8) is 0 Å². The molecule has 0 aliphatic carbocycles. The molecule has 2 amide bonds. The first-order chi connectivity index (χ1) is 16.4. The number of carbonyl (C=O) groups excluding carboxylic acids is 1. The van der Waals surface area contributed by atoms with Gasteiger partial charge in [-0.15, -0.1) is 25.6 Å². The summed E-state index contributed by atoms with van der Waals surface area (Å²) in [6.45, 7) is 4.32. The Morgan fingerprint density at radius 1 is 1.17 bits per heavy atom. The third kappa shape index (κ3) is 7.96. The van der Waals surface area contributed by atoms with Crippen molar-refractivity contribution >= 4 is 45.1 Å². The lowest BCUT2D eigenvalue weighted by Gasteiger charge is -2.29. The van der Waals surface area contributed by atoms with Crippen molar-refractivity contribution in [3.05, 3.63) is 54.1 Å². The smallest absolute Gasteiger partial charge is 0.406 e. The molecule has 0 saturated carbocycles. The second-order valence-corrected chi connectivity index (χ2v) is 8.76. The van der Waals surface area contributed by atoms with Crippen LogP contribution in [0.2, 0.25) is 0 Å². The van der Waals surface area contributed by atoms with E-state index in [0.717, 1.165) is 30.0 Å². The molecule has 1 N–H and O–H groups in total. The Bertz CT molecular complexity index is 1090. The van der Waals surface area contributed by atoms with E-state index in [9.17, 15) is 18.0 Å². The maximum Gasteiger partial charge on any atom is 0.573 e. The van der Waals surface area contributed by atoms with Gasteiger partial charge in [0.05, 0.1) is 23.4 Å². The van der Waals surface area contributed by atoms with Crippen molar-refractivity contribution in [2.45, 2.75) is 12.8 Å². The van der Waals surface area contributed by atoms with E-state index in [-0.39, 0.29) is 24.2 Å². The first-order valence-electron chi connectivity index (χ1n) is 10.9. The number of anilines is 1. The quantitative estimate of drug-likeness (QED) is 0.457. The molecule has 0 radical (unpaired) electrons. The molecule has 1 saturated heterocycles. The van der Waals surface area contributed by atoms with Crippen LogP contribution in [0, 0.1) is 0 Å². The summed E-state index contributed by atoms with van der Waals surface area (Å²) < 4.78 is 47.7. The number of nitrogens with one attached hydrogen (secondary N) is 1. The van der Waals surface area contributed by atoms with Gasteiger partial charge in [0, 0.05) is 38.8 Å². The minimum atomic E-state index is -4.77. The van der Waals surface area contributed by atoms with Gasteiger partial charge >= 0.3 is 12.4 Å². The summed E-state index contributed by atoms with van der Waals surface area (Å²) in [6, 6.07) is 13.5. The number of nitrogens with zero attached hydrogens (tertiary/aromatic N) is 3. The Morgan fingerprint density at radius 2 is 1.91 bits per heavy atom. The van der Waals surface area contributed by atoms with E-state index in [1.807, 2.05) is 30.3 Å². The van der Waals surface area contributed by atoms with Crippen LogP contribution in [0.5, 0.6) is 5.75 Å². The van der Waals surface area contributed by atoms with Crippen LogP contribution >= 0.6 is 23.7 Å². The monoisotopic (exact) mass is 530 g/mol. The zero-order valence-electron chi connectivity index (χ0n) is 18.8. The van der Waals surface area contributed by atoms with Crippen LogP contribution in [0.1, 0.15) is 5.56 Å². The van der Waals surface area contributed by atoms with Crippen molar-refractivity contribution in [2.24, 2.45) is 0 Å². The van der Waals surface area contributed by atoms with Crippen LogP contribution in [0.3, 0.4) is 0 Å². The second-order valence-electron chi connectivity index (χ2n) is 7.75. The number of thiazole rings is 1. The number of hydrogen-bond donors (Lipinski definition) is 1. The Hall–Kier alpha value is -2.60. The largest absolute Gasteiger partial charge is 0.573 e. The van der Waals surface area contributed by atoms with Gasteiger partial charge < -0.3 is 14.8 Å². The topological polar surface area (TPSA) is 66.9 Å². The number of rotatable bonds is 8. The van der Waals surface area contributed by atoms with E-state index in [0.29, 0.717) is 54.6 Å². The fraction of sp³-hybridized carbons (Fsp3) is 0.391. The number of fused-ring (bicyclic) bond motifs is 1.